The zero-order valence-electron chi connectivity index (χ0n) is 9.08. The molecule has 18 heavy (non-hydrogen) atoms. The normalized spacial score (nSPS) is 21.9. The molecule has 9 heteroatoms. The highest BCUT2D eigenvalue weighted by Crippen LogP contribution is 2.28. The van der Waals surface area contributed by atoms with Gasteiger partial charge in [-0.25, -0.2) is 13.2 Å². The Morgan fingerprint density at radius 3 is 2.83 bits per heavy atom. The Kier molecular flexibility index (Phi) is 3.93. The molecule has 1 aliphatic heterocycles. The molecule has 1 aliphatic rings. The van der Waals surface area contributed by atoms with Gasteiger partial charge in [-0.1, -0.05) is 11.6 Å². The zero-order valence-corrected chi connectivity index (χ0v) is 11.5. The second-order valence-corrected chi connectivity index (χ2v) is 7.50. The highest BCUT2D eigenvalue weighted by atomic mass is 35.5. The number of sulfonamides is 1. The van der Waals surface area contributed by atoms with Gasteiger partial charge in [-0.05, 0) is 12.1 Å². The lowest BCUT2D eigenvalue weighted by atomic mass is 10.3. The molecule has 0 spiro atoms. The average molecular weight is 312 g/mol. The number of hydrogen-bond donors (Lipinski definition) is 1. The summed E-state index contributed by atoms with van der Waals surface area (Å²) in [6.07, 6.45) is -1.12. The number of carboxylic acids is 1. The molecule has 1 aromatic rings. The number of morpholine rings is 1. The third-order valence-corrected chi connectivity index (χ3v) is 6.01. The Hall–Kier alpha value is -0.670. The van der Waals surface area contributed by atoms with Crippen molar-refractivity contribution in [1.82, 2.24) is 4.31 Å². The summed E-state index contributed by atoms with van der Waals surface area (Å²) >= 11 is 6.65. The minimum Gasteiger partial charge on any atom is -0.479 e. The van der Waals surface area contributed by atoms with Crippen LogP contribution in [0.5, 0.6) is 0 Å². The average Bonchev–Trinajstić information content (AvgIpc) is 2.77. The van der Waals surface area contributed by atoms with Gasteiger partial charge in [0.05, 0.1) is 17.5 Å². The van der Waals surface area contributed by atoms with Crippen molar-refractivity contribution < 1.29 is 23.1 Å². The van der Waals surface area contributed by atoms with E-state index in [0.29, 0.717) is 4.34 Å². The standard InChI is InChI=1S/C9H10ClNO5S2/c10-7-1-2-8(17-7)18(14,15)11-3-4-16-6(5-11)9(12)13/h1-2,6H,3-5H2,(H,12,13). The Morgan fingerprint density at radius 1 is 1.56 bits per heavy atom. The van der Waals surface area contributed by atoms with Crippen molar-refractivity contribution in [3.05, 3.63) is 16.5 Å². The van der Waals surface area contributed by atoms with Gasteiger partial charge in [-0.15, -0.1) is 11.3 Å². The second kappa shape index (κ2) is 5.14. The van der Waals surface area contributed by atoms with Crippen molar-refractivity contribution in [3.8, 4) is 0 Å². The van der Waals surface area contributed by atoms with Crippen LogP contribution in [0.3, 0.4) is 0 Å². The van der Waals surface area contributed by atoms with E-state index in [9.17, 15) is 13.2 Å². The molecule has 0 amide bonds. The fourth-order valence-corrected chi connectivity index (χ4v) is 4.62. The van der Waals surface area contributed by atoms with E-state index in [4.69, 9.17) is 21.4 Å². The summed E-state index contributed by atoms with van der Waals surface area (Å²) in [6, 6.07) is 2.90. The maximum absolute atomic E-state index is 12.2. The Bertz CT molecular complexity index is 555. The molecule has 6 nitrogen and oxygen atoms in total. The first-order valence-electron chi connectivity index (χ1n) is 5.01. The maximum atomic E-state index is 12.2. The summed E-state index contributed by atoms with van der Waals surface area (Å²) in [5.74, 6) is -1.17. The number of carbonyl (C=O) groups is 1. The first-order valence-corrected chi connectivity index (χ1v) is 7.64. The van der Waals surface area contributed by atoms with E-state index in [1.54, 1.807) is 0 Å². The number of hydrogen-bond acceptors (Lipinski definition) is 5. The third kappa shape index (κ3) is 2.67. The van der Waals surface area contributed by atoms with Crippen LogP contribution >= 0.6 is 22.9 Å². The van der Waals surface area contributed by atoms with Crippen molar-refractivity contribution in [2.24, 2.45) is 0 Å². The predicted octanol–water partition coefficient (Wildman–Crippen LogP) is 0.876. The van der Waals surface area contributed by atoms with Crippen molar-refractivity contribution in [2.75, 3.05) is 19.7 Å². The Labute approximate surface area is 113 Å². The number of thiophene rings is 1. The van der Waals surface area contributed by atoms with E-state index < -0.39 is 22.1 Å². The lowest BCUT2D eigenvalue weighted by Crippen LogP contribution is -2.48. The van der Waals surface area contributed by atoms with E-state index >= 15 is 0 Å². The molecule has 2 heterocycles. The number of aliphatic carboxylic acids is 1. The maximum Gasteiger partial charge on any atom is 0.334 e. The number of rotatable bonds is 3. The minimum absolute atomic E-state index is 0.0648. The molecule has 0 bridgehead atoms. The van der Waals surface area contributed by atoms with Crippen LogP contribution in [0.4, 0.5) is 0 Å². The largest absolute Gasteiger partial charge is 0.479 e. The summed E-state index contributed by atoms with van der Waals surface area (Å²) in [5.41, 5.74) is 0. The van der Waals surface area contributed by atoms with Gasteiger partial charge >= 0.3 is 5.97 Å². The van der Waals surface area contributed by atoms with E-state index in [-0.39, 0.29) is 23.9 Å². The van der Waals surface area contributed by atoms with Crippen LogP contribution < -0.4 is 0 Å². The van der Waals surface area contributed by atoms with E-state index in [1.807, 2.05) is 0 Å². The molecule has 0 aliphatic carbocycles. The van der Waals surface area contributed by atoms with Gasteiger partial charge in [-0.2, -0.15) is 4.31 Å². The van der Waals surface area contributed by atoms with Crippen LogP contribution in [-0.4, -0.2) is 49.6 Å². The van der Waals surface area contributed by atoms with E-state index in [1.165, 1.54) is 12.1 Å². The molecule has 1 aromatic heterocycles. The highest BCUT2D eigenvalue weighted by molar-refractivity contribution is 7.91. The van der Waals surface area contributed by atoms with Gasteiger partial charge in [0.2, 0.25) is 0 Å². The second-order valence-electron chi connectivity index (χ2n) is 3.62. The molecule has 0 saturated carbocycles. The summed E-state index contributed by atoms with van der Waals surface area (Å²) in [6.45, 7) is 0.0180. The fraction of sp³-hybridized carbons (Fsp3) is 0.444. The van der Waals surface area contributed by atoms with Gasteiger partial charge in [0.25, 0.3) is 10.0 Å². The van der Waals surface area contributed by atoms with Crippen LogP contribution in [0.2, 0.25) is 4.34 Å². The molecule has 1 atom stereocenters. The number of nitrogens with zero attached hydrogens (tertiary/aromatic N) is 1. The summed E-state index contributed by atoms with van der Waals surface area (Å²) < 4.78 is 31.0. The minimum atomic E-state index is -3.68. The summed E-state index contributed by atoms with van der Waals surface area (Å²) in [7, 11) is -3.68. The molecule has 100 valence electrons. The smallest absolute Gasteiger partial charge is 0.334 e. The summed E-state index contributed by atoms with van der Waals surface area (Å²) in [4.78, 5) is 10.8. The van der Waals surface area contributed by atoms with Crippen LogP contribution in [0, 0.1) is 0 Å². The topological polar surface area (TPSA) is 83.9 Å². The molecule has 1 fully saturated rings. The molecule has 1 unspecified atom stereocenters. The molecule has 0 aromatic carbocycles. The van der Waals surface area contributed by atoms with Crippen molar-refractivity contribution in [2.45, 2.75) is 10.3 Å². The quantitative estimate of drug-likeness (QED) is 0.895. The third-order valence-electron chi connectivity index (χ3n) is 2.45. The van der Waals surface area contributed by atoms with E-state index in [2.05, 4.69) is 0 Å². The van der Waals surface area contributed by atoms with Crippen LogP contribution in [0.15, 0.2) is 16.3 Å². The molecular formula is C9H10ClNO5S2. The van der Waals surface area contributed by atoms with Gasteiger partial charge in [0.15, 0.2) is 6.10 Å². The van der Waals surface area contributed by atoms with Crippen molar-refractivity contribution in [3.63, 3.8) is 0 Å². The Morgan fingerprint density at radius 2 is 2.28 bits per heavy atom. The van der Waals surface area contributed by atoms with Gasteiger partial charge in [-0.3, -0.25) is 0 Å². The zero-order chi connectivity index (χ0) is 13.3. The summed E-state index contributed by atoms with van der Waals surface area (Å²) in [5, 5.41) is 8.83. The Balaban J connectivity index is 2.22. The number of halogens is 1. The van der Waals surface area contributed by atoms with Crippen LogP contribution in [0.25, 0.3) is 0 Å². The van der Waals surface area contributed by atoms with Gasteiger partial charge in [0.1, 0.15) is 4.21 Å². The molecule has 2 rings (SSSR count). The molecular weight excluding hydrogens is 302 g/mol. The SMILES string of the molecule is O=C(O)C1CN(S(=O)(=O)c2ccc(Cl)s2)CCO1. The fourth-order valence-electron chi connectivity index (χ4n) is 1.56. The first kappa shape index (κ1) is 13.8. The van der Waals surface area contributed by atoms with Crippen LogP contribution in [-0.2, 0) is 19.6 Å². The van der Waals surface area contributed by atoms with Gasteiger partial charge < -0.3 is 9.84 Å². The molecule has 1 saturated heterocycles. The van der Waals surface area contributed by atoms with Gasteiger partial charge in [0, 0.05) is 6.54 Å². The monoisotopic (exact) mass is 311 g/mol. The molecule has 0 radical (unpaired) electrons. The number of ether oxygens (including phenoxy) is 1. The van der Waals surface area contributed by atoms with E-state index in [0.717, 1.165) is 15.6 Å². The lowest BCUT2D eigenvalue weighted by molar-refractivity contribution is -0.153. The first-order chi connectivity index (χ1) is 8.41. The lowest BCUT2D eigenvalue weighted by Gasteiger charge is -2.29. The number of carboxylic acid groups (broad SMARTS) is 1. The predicted molar refractivity (Wildman–Crippen MR) is 65.5 cm³/mol. The highest BCUT2D eigenvalue weighted by Gasteiger charge is 2.34. The molecule has 1 N–H and O–H groups in total. The van der Waals surface area contributed by atoms with Crippen molar-refractivity contribution in [1.29, 1.82) is 0 Å². The van der Waals surface area contributed by atoms with Crippen LogP contribution in [0.1, 0.15) is 0 Å². The van der Waals surface area contributed by atoms with Crippen molar-refractivity contribution >= 4 is 38.9 Å².